The molecule has 1 atom stereocenters. The number of amides is 2. The van der Waals surface area contributed by atoms with Crippen molar-refractivity contribution in [2.45, 2.75) is 19.4 Å². The zero-order valence-corrected chi connectivity index (χ0v) is 11.6. The average molecular weight is 286 g/mol. The van der Waals surface area contributed by atoms with E-state index in [4.69, 9.17) is 0 Å². The van der Waals surface area contributed by atoms with E-state index < -0.39 is 6.04 Å². The van der Waals surface area contributed by atoms with Gasteiger partial charge < -0.3 is 5.32 Å². The highest BCUT2D eigenvalue weighted by molar-refractivity contribution is 5.99. The first-order valence-corrected chi connectivity index (χ1v) is 6.83. The number of fused-ring (bicyclic) bond motifs is 1. The molecule has 4 nitrogen and oxygen atoms in total. The minimum atomic E-state index is -0.537. The topological polar surface area (TPSA) is 49.4 Å². The zero-order chi connectivity index (χ0) is 15.0. The van der Waals surface area contributed by atoms with E-state index in [0.717, 1.165) is 6.42 Å². The molecule has 0 radical (unpaired) electrons. The lowest BCUT2D eigenvalue weighted by Gasteiger charge is -2.37. The first-order valence-electron chi connectivity index (χ1n) is 6.83. The van der Waals surface area contributed by atoms with Crippen molar-refractivity contribution in [1.29, 1.82) is 0 Å². The number of benzene rings is 1. The van der Waals surface area contributed by atoms with Crippen LogP contribution < -0.4 is 5.32 Å². The Morgan fingerprint density at radius 2 is 2.05 bits per heavy atom. The molecule has 108 valence electrons. The highest BCUT2D eigenvalue weighted by Gasteiger charge is 2.35. The highest BCUT2D eigenvalue weighted by atomic mass is 19.1. The summed E-state index contributed by atoms with van der Waals surface area (Å²) in [6.45, 7) is 2.04. The molecule has 3 rings (SSSR count). The Kier molecular flexibility index (Phi) is 3.33. The van der Waals surface area contributed by atoms with Gasteiger partial charge in [0.2, 0.25) is 0 Å². The molecule has 2 aliphatic heterocycles. The summed E-state index contributed by atoms with van der Waals surface area (Å²) in [5.74, 6) is -0.451. The molecular formula is C16H15FN2O2. The molecule has 2 amide bonds. The predicted octanol–water partition coefficient (Wildman–Crippen LogP) is 2.70. The molecule has 0 aliphatic carbocycles. The minimum absolute atomic E-state index is 0.101. The number of hydrogen-bond donors (Lipinski definition) is 1. The molecule has 1 N–H and O–H groups in total. The van der Waals surface area contributed by atoms with Crippen molar-refractivity contribution in [2.75, 3.05) is 6.54 Å². The number of carbonyl (C=O) groups is 2. The number of allylic oxidation sites excluding steroid dienone is 1. The third-order valence-corrected chi connectivity index (χ3v) is 3.75. The normalized spacial score (nSPS) is 21.1. The largest absolute Gasteiger partial charge is 0.327 e. The SMILES string of the molecule is CC(=O)C1=C2C=CCCN2C(=O)NC1c1ccc(F)cc1. The number of carbonyl (C=O) groups excluding carboxylic acids is 2. The molecule has 0 aromatic heterocycles. The predicted molar refractivity (Wildman–Crippen MR) is 75.8 cm³/mol. The van der Waals surface area contributed by atoms with Gasteiger partial charge in [0.25, 0.3) is 0 Å². The van der Waals surface area contributed by atoms with Crippen LogP contribution in [-0.2, 0) is 4.79 Å². The Bertz CT molecular complexity index is 661. The van der Waals surface area contributed by atoms with Gasteiger partial charge in [0.15, 0.2) is 5.78 Å². The summed E-state index contributed by atoms with van der Waals surface area (Å²) in [6, 6.07) is 5.07. The van der Waals surface area contributed by atoms with Crippen LogP contribution in [0, 0.1) is 5.82 Å². The molecular weight excluding hydrogens is 271 g/mol. The molecule has 0 fully saturated rings. The highest BCUT2D eigenvalue weighted by Crippen LogP contribution is 2.33. The lowest BCUT2D eigenvalue weighted by molar-refractivity contribution is -0.114. The van der Waals surface area contributed by atoms with Gasteiger partial charge in [-0.3, -0.25) is 9.69 Å². The summed E-state index contributed by atoms with van der Waals surface area (Å²) in [5, 5.41) is 2.83. The van der Waals surface area contributed by atoms with Gasteiger partial charge in [0, 0.05) is 12.1 Å². The Hall–Kier alpha value is -2.43. The van der Waals surface area contributed by atoms with Crippen LogP contribution in [-0.4, -0.2) is 23.3 Å². The number of nitrogens with one attached hydrogen (secondary N) is 1. The van der Waals surface area contributed by atoms with Gasteiger partial charge in [-0.05, 0) is 37.1 Å². The average Bonchev–Trinajstić information content (AvgIpc) is 2.47. The molecule has 21 heavy (non-hydrogen) atoms. The smallest absolute Gasteiger partial charge is 0.322 e. The zero-order valence-electron chi connectivity index (χ0n) is 11.6. The summed E-state index contributed by atoms with van der Waals surface area (Å²) < 4.78 is 13.1. The van der Waals surface area contributed by atoms with E-state index in [1.165, 1.54) is 19.1 Å². The fourth-order valence-corrected chi connectivity index (χ4v) is 2.77. The Morgan fingerprint density at radius 3 is 2.71 bits per heavy atom. The number of hydrogen-bond acceptors (Lipinski definition) is 2. The molecule has 5 heteroatoms. The van der Waals surface area contributed by atoms with E-state index in [2.05, 4.69) is 5.32 Å². The maximum Gasteiger partial charge on any atom is 0.322 e. The van der Waals surface area contributed by atoms with Crippen LogP contribution in [0.2, 0.25) is 0 Å². The second-order valence-corrected chi connectivity index (χ2v) is 5.13. The Labute approximate surface area is 121 Å². The van der Waals surface area contributed by atoms with Crippen LogP contribution in [0.3, 0.4) is 0 Å². The van der Waals surface area contributed by atoms with Crippen molar-refractivity contribution in [3.63, 3.8) is 0 Å². The molecule has 0 bridgehead atoms. The molecule has 2 aliphatic rings. The van der Waals surface area contributed by atoms with Crippen molar-refractivity contribution in [2.24, 2.45) is 0 Å². The molecule has 0 saturated heterocycles. The number of halogens is 1. The summed E-state index contributed by atoms with van der Waals surface area (Å²) in [5.41, 5.74) is 1.88. The van der Waals surface area contributed by atoms with Gasteiger partial charge in [-0.1, -0.05) is 18.2 Å². The van der Waals surface area contributed by atoms with Crippen molar-refractivity contribution in [1.82, 2.24) is 10.2 Å². The third-order valence-electron chi connectivity index (χ3n) is 3.75. The molecule has 1 unspecified atom stereocenters. The van der Waals surface area contributed by atoms with E-state index in [0.29, 0.717) is 23.4 Å². The van der Waals surface area contributed by atoms with E-state index in [1.807, 2.05) is 12.2 Å². The van der Waals surface area contributed by atoms with Crippen molar-refractivity contribution >= 4 is 11.8 Å². The number of ketones is 1. The van der Waals surface area contributed by atoms with Crippen molar-refractivity contribution in [3.05, 3.63) is 59.1 Å². The van der Waals surface area contributed by atoms with Gasteiger partial charge in [0.05, 0.1) is 11.7 Å². The first-order chi connectivity index (χ1) is 10.1. The second-order valence-electron chi connectivity index (χ2n) is 5.13. The molecule has 1 aromatic carbocycles. The molecule has 0 spiro atoms. The summed E-state index contributed by atoms with van der Waals surface area (Å²) in [6.07, 6.45) is 4.54. The fraction of sp³-hybridized carbons (Fsp3) is 0.250. The Balaban J connectivity index is 2.13. The van der Waals surface area contributed by atoms with Crippen LogP contribution >= 0.6 is 0 Å². The second kappa shape index (κ2) is 5.16. The van der Waals surface area contributed by atoms with Gasteiger partial charge in [-0.15, -0.1) is 0 Å². The summed E-state index contributed by atoms with van der Waals surface area (Å²) in [4.78, 5) is 25.9. The van der Waals surface area contributed by atoms with Crippen LogP contribution in [0.1, 0.15) is 24.9 Å². The van der Waals surface area contributed by atoms with Crippen LogP contribution in [0.25, 0.3) is 0 Å². The lowest BCUT2D eigenvalue weighted by Crippen LogP contribution is -2.48. The van der Waals surface area contributed by atoms with E-state index >= 15 is 0 Å². The minimum Gasteiger partial charge on any atom is -0.327 e. The monoisotopic (exact) mass is 286 g/mol. The summed E-state index contributed by atoms with van der Waals surface area (Å²) in [7, 11) is 0. The molecule has 0 saturated carbocycles. The Morgan fingerprint density at radius 1 is 1.33 bits per heavy atom. The van der Waals surface area contributed by atoms with Gasteiger partial charge in [-0.2, -0.15) is 0 Å². The van der Waals surface area contributed by atoms with Crippen LogP contribution in [0.4, 0.5) is 9.18 Å². The number of nitrogens with zero attached hydrogens (tertiary/aromatic N) is 1. The lowest BCUT2D eigenvalue weighted by atomic mass is 9.91. The van der Waals surface area contributed by atoms with Crippen LogP contribution in [0.5, 0.6) is 0 Å². The molecule has 2 heterocycles. The molecule has 1 aromatic rings. The quantitative estimate of drug-likeness (QED) is 0.908. The fourth-order valence-electron chi connectivity index (χ4n) is 2.77. The van der Waals surface area contributed by atoms with E-state index in [1.54, 1.807) is 17.0 Å². The van der Waals surface area contributed by atoms with Crippen molar-refractivity contribution < 1.29 is 14.0 Å². The standard InChI is InChI=1S/C16H15FN2O2/c1-10(20)14-13-4-2-3-9-19(13)16(21)18-15(14)11-5-7-12(17)8-6-11/h2,4-8,15H,3,9H2,1H3,(H,18,21). The number of urea groups is 1. The summed E-state index contributed by atoms with van der Waals surface area (Å²) >= 11 is 0. The maximum absolute atomic E-state index is 13.1. The number of Topliss-reactive ketones (excluding diaryl/α,β-unsaturated/α-hetero) is 1. The van der Waals surface area contributed by atoms with Crippen LogP contribution in [0.15, 0.2) is 47.7 Å². The van der Waals surface area contributed by atoms with Crippen molar-refractivity contribution in [3.8, 4) is 0 Å². The number of rotatable bonds is 2. The third kappa shape index (κ3) is 2.35. The van der Waals surface area contributed by atoms with Gasteiger partial charge in [-0.25, -0.2) is 9.18 Å². The first kappa shape index (κ1) is 13.5. The van der Waals surface area contributed by atoms with E-state index in [9.17, 15) is 14.0 Å². The van der Waals surface area contributed by atoms with Gasteiger partial charge in [0.1, 0.15) is 5.82 Å². The van der Waals surface area contributed by atoms with E-state index in [-0.39, 0.29) is 17.6 Å². The van der Waals surface area contributed by atoms with Gasteiger partial charge >= 0.3 is 6.03 Å². The maximum atomic E-state index is 13.1.